The monoisotopic (exact) mass is 1500 g/mol. The molecule has 6 nitrogen and oxygen atoms in total. The SMILES string of the molecule is CC1(C)c2ccccc2-c2ccc(-c3ccc4c(ccc5ccc6nc(-c7ccccc7)oc6c54)c3)cc21.c1ccc(-c2nc3ccc4ccc5cc(-c6ccc7c8c(cccc68)-c6ccccc6-7)ccc5c4c3o2)cc1.c1ccc(-c2nc3ccc4ccc5cc(-c6ccc7c8ccccc8c8ccccc8c7c6)ccc5c4c3o2)cc1. The van der Waals surface area contributed by atoms with Crippen molar-refractivity contribution in [3.05, 3.63) is 393 Å². The Morgan fingerprint density at radius 1 is 0.186 bits per heavy atom. The van der Waals surface area contributed by atoms with Gasteiger partial charge in [0.25, 0.3) is 0 Å². The third kappa shape index (κ3) is 10.6. The van der Waals surface area contributed by atoms with Crippen LogP contribution in [0.25, 0.3) is 242 Å². The van der Waals surface area contributed by atoms with Gasteiger partial charge in [0.05, 0.1) is 0 Å². The second kappa shape index (κ2) is 26.3. The van der Waals surface area contributed by atoms with Gasteiger partial charge in [0, 0.05) is 38.3 Å². The molecule has 2 aliphatic rings. The first-order valence-corrected chi connectivity index (χ1v) is 40.4. The third-order valence-corrected chi connectivity index (χ3v) is 25.0. The minimum atomic E-state index is -0.0106. The van der Waals surface area contributed by atoms with Crippen LogP contribution in [0.2, 0.25) is 0 Å². The summed E-state index contributed by atoms with van der Waals surface area (Å²) in [5, 5.41) is 24.3. The molecule has 0 spiro atoms. The summed E-state index contributed by atoms with van der Waals surface area (Å²) in [4.78, 5) is 14.4. The average Bonchev–Trinajstić information content (AvgIpc) is 1.31. The summed E-state index contributed by atoms with van der Waals surface area (Å²) in [5.74, 6) is 1.96. The molecule has 2 aliphatic carbocycles. The summed E-state index contributed by atoms with van der Waals surface area (Å²) in [6.45, 7) is 4.67. The zero-order chi connectivity index (χ0) is 77.8. The van der Waals surface area contributed by atoms with Crippen molar-refractivity contribution in [1.82, 2.24) is 15.0 Å². The summed E-state index contributed by atoms with van der Waals surface area (Å²) in [6, 6.07) is 137. The van der Waals surface area contributed by atoms with Gasteiger partial charge in [-0.2, -0.15) is 0 Å². The van der Waals surface area contributed by atoms with E-state index in [0.29, 0.717) is 17.7 Å². The van der Waals surface area contributed by atoms with E-state index in [2.05, 4.69) is 305 Å². The summed E-state index contributed by atoms with van der Waals surface area (Å²) in [5.41, 5.74) is 26.3. The molecule has 0 unspecified atom stereocenters. The van der Waals surface area contributed by atoms with E-state index in [9.17, 15) is 0 Å². The van der Waals surface area contributed by atoms with E-state index in [0.717, 1.165) is 82.3 Å². The quantitative estimate of drug-likeness (QED) is 0.154. The number of hydrogen-bond acceptors (Lipinski definition) is 6. The first-order chi connectivity index (χ1) is 58.2. The van der Waals surface area contributed by atoms with Gasteiger partial charge < -0.3 is 13.3 Å². The number of fused-ring (bicyclic) bond motifs is 27. The minimum Gasteiger partial charge on any atom is -0.435 e. The topological polar surface area (TPSA) is 78.1 Å². The highest BCUT2D eigenvalue weighted by Gasteiger charge is 2.35. The van der Waals surface area contributed by atoms with Crippen molar-refractivity contribution in [2.75, 3.05) is 0 Å². The smallest absolute Gasteiger partial charge is 0.227 e. The Morgan fingerprint density at radius 3 is 1.00 bits per heavy atom. The Kier molecular flexibility index (Phi) is 15.0. The second-order valence-electron chi connectivity index (χ2n) is 31.9. The van der Waals surface area contributed by atoms with Gasteiger partial charge in [-0.1, -0.05) is 311 Å². The molecule has 24 aromatic rings. The van der Waals surface area contributed by atoms with Gasteiger partial charge in [0.15, 0.2) is 16.7 Å². The molecule has 3 aromatic heterocycles. The number of hydrogen-bond donors (Lipinski definition) is 0. The molecule has 6 heteroatoms. The zero-order valence-electron chi connectivity index (χ0n) is 64.4. The molecule has 0 radical (unpaired) electrons. The molecule has 0 saturated carbocycles. The maximum absolute atomic E-state index is 6.40. The van der Waals surface area contributed by atoms with Gasteiger partial charge in [-0.05, 0) is 254 Å². The Morgan fingerprint density at radius 2 is 0.508 bits per heavy atom. The lowest BCUT2D eigenvalue weighted by atomic mass is 9.81. The minimum absolute atomic E-state index is 0.0106. The van der Waals surface area contributed by atoms with E-state index < -0.39 is 0 Å². The highest BCUT2D eigenvalue weighted by molar-refractivity contribution is 6.27. The normalized spacial score (nSPS) is 12.6. The fourth-order valence-electron chi connectivity index (χ4n) is 19.3. The predicted molar refractivity (Wildman–Crippen MR) is 492 cm³/mol. The average molecular weight is 1500 g/mol. The number of oxazole rings is 3. The van der Waals surface area contributed by atoms with Crippen molar-refractivity contribution < 1.29 is 13.3 Å². The molecule has 0 atom stereocenters. The van der Waals surface area contributed by atoms with Crippen LogP contribution < -0.4 is 0 Å². The Balaban J connectivity index is 0.000000101. The van der Waals surface area contributed by atoms with Gasteiger partial charge in [-0.15, -0.1) is 0 Å². The van der Waals surface area contributed by atoms with Crippen LogP contribution in [0.4, 0.5) is 0 Å². The largest absolute Gasteiger partial charge is 0.435 e. The van der Waals surface area contributed by atoms with Crippen LogP contribution in [0.5, 0.6) is 0 Å². The standard InChI is InChI=1S/C39H23NO.C37H21NO.C36H25NO/c1-2-8-25(9-3-1)39-40-36-21-18-24-14-15-28-22-26(16-19-29(28)37(24)38(36)41-39)27-17-20-34-32-12-5-4-10-30(32)31-11-6-7-13-33(31)35(34)23-27;1-2-7-23(8-3-1)37-38-33-20-16-22-13-14-25-21-24(15-17-27(25)34(22)36(33)39-37)26-18-19-32-29-10-5-4-9-28(29)31-12-6-11-30(26)35(31)32;1-36(2)30-11-7-6-10-28(30)29-18-15-25(21-31(29)36)24-14-17-27-26(20-24)13-12-22-16-19-32-34(33(22)27)38-35(37-32)23-8-4-3-5-9-23/h1-23H;1-21H;3-21H,1-2H3. The zero-order valence-corrected chi connectivity index (χ0v) is 64.4. The van der Waals surface area contributed by atoms with Gasteiger partial charge >= 0.3 is 0 Å². The van der Waals surface area contributed by atoms with Crippen molar-refractivity contribution in [3.63, 3.8) is 0 Å². The fraction of sp³-hybridized carbons (Fsp3) is 0.0268. The first kappa shape index (κ1) is 67.2. The van der Waals surface area contributed by atoms with Gasteiger partial charge in [-0.25, -0.2) is 15.0 Å². The highest BCUT2D eigenvalue weighted by Crippen LogP contribution is 2.53. The van der Waals surface area contributed by atoms with Crippen LogP contribution >= 0.6 is 0 Å². The van der Waals surface area contributed by atoms with E-state index in [-0.39, 0.29) is 5.41 Å². The highest BCUT2D eigenvalue weighted by atomic mass is 16.4. The first-order valence-electron chi connectivity index (χ1n) is 40.4. The van der Waals surface area contributed by atoms with E-state index >= 15 is 0 Å². The fourth-order valence-corrected chi connectivity index (χ4v) is 19.3. The molecule has 550 valence electrons. The molecule has 26 rings (SSSR count). The van der Waals surface area contributed by atoms with Crippen LogP contribution in [-0.4, -0.2) is 15.0 Å². The van der Waals surface area contributed by atoms with Gasteiger partial charge in [0.1, 0.15) is 16.6 Å². The van der Waals surface area contributed by atoms with Gasteiger partial charge in [-0.3, -0.25) is 0 Å². The van der Waals surface area contributed by atoms with Gasteiger partial charge in [0.2, 0.25) is 17.7 Å². The van der Waals surface area contributed by atoms with E-state index in [4.69, 9.17) is 28.2 Å². The molecule has 0 amide bonds. The van der Waals surface area contributed by atoms with Crippen molar-refractivity contribution in [2.24, 2.45) is 0 Å². The number of nitrogens with zero attached hydrogens (tertiary/aromatic N) is 3. The summed E-state index contributed by atoms with van der Waals surface area (Å²) in [6.07, 6.45) is 0. The van der Waals surface area contributed by atoms with Crippen molar-refractivity contribution in [1.29, 1.82) is 0 Å². The van der Waals surface area contributed by atoms with Crippen LogP contribution in [0.1, 0.15) is 25.0 Å². The van der Waals surface area contributed by atoms with Crippen molar-refractivity contribution in [2.45, 2.75) is 19.3 Å². The molecule has 0 N–H and O–H groups in total. The van der Waals surface area contributed by atoms with E-state index in [1.807, 2.05) is 91.0 Å². The van der Waals surface area contributed by atoms with E-state index in [1.54, 1.807) is 0 Å². The van der Waals surface area contributed by atoms with Crippen molar-refractivity contribution in [3.8, 4) is 101 Å². The maximum atomic E-state index is 6.40. The summed E-state index contributed by atoms with van der Waals surface area (Å²) in [7, 11) is 0. The lowest BCUT2D eigenvalue weighted by Crippen LogP contribution is -2.14. The molecule has 118 heavy (non-hydrogen) atoms. The lowest BCUT2D eigenvalue weighted by molar-refractivity contribution is 0.623. The second-order valence-corrected chi connectivity index (χ2v) is 31.9. The molecular formula is C112H69N3O3. The molecule has 0 saturated heterocycles. The predicted octanol–water partition coefficient (Wildman–Crippen LogP) is 31.0. The Hall–Kier alpha value is -15.4. The molecule has 3 heterocycles. The molecular weight excluding hydrogens is 1440 g/mol. The van der Waals surface area contributed by atoms with Crippen LogP contribution in [0, 0.1) is 0 Å². The van der Waals surface area contributed by atoms with Crippen molar-refractivity contribution >= 4 is 141 Å². The molecule has 21 aromatic carbocycles. The Bertz CT molecular complexity index is 8270. The lowest BCUT2D eigenvalue weighted by Gasteiger charge is -2.22. The molecule has 0 bridgehead atoms. The Labute approximate surface area is 678 Å². The third-order valence-electron chi connectivity index (χ3n) is 25.0. The summed E-state index contributed by atoms with van der Waals surface area (Å²) >= 11 is 0. The number of rotatable bonds is 6. The van der Waals surface area contributed by atoms with Crippen LogP contribution in [-0.2, 0) is 5.41 Å². The van der Waals surface area contributed by atoms with Crippen LogP contribution in [0.15, 0.2) is 395 Å². The summed E-state index contributed by atoms with van der Waals surface area (Å²) < 4.78 is 19.2. The molecule has 0 aliphatic heterocycles. The van der Waals surface area contributed by atoms with Crippen LogP contribution in [0.3, 0.4) is 0 Å². The molecule has 0 fully saturated rings. The number of benzene rings is 21. The number of aromatic nitrogens is 3. The maximum Gasteiger partial charge on any atom is 0.227 e. The van der Waals surface area contributed by atoms with E-state index in [1.165, 1.54) is 153 Å².